The molecule has 1 heterocycles. The van der Waals surface area contributed by atoms with Crippen molar-refractivity contribution in [2.45, 2.75) is 37.8 Å². The summed E-state index contributed by atoms with van der Waals surface area (Å²) in [4.78, 5) is 0. The van der Waals surface area contributed by atoms with Crippen LogP contribution in [0.1, 0.15) is 30.9 Å². The molecule has 1 aromatic heterocycles. The van der Waals surface area contributed by atoms with Crippen molar-refractivity contribution in [1.82, 2.24) is 15.1 Å². The van der Waals surface area contributed by atoms with E-state index in [4.69, 9.17) is 16.3 Å². The van der Waals surface area contributed by atoms with Crippen molar-refractivity contribution in [3.05, 3.63) is 16.9 Å². The lowest BCUT2D eigenvalue weighted by Gasteiger charge is -2.14. The topological polar surface area (TPSA) is 39.1 Å². The highest BCUT2D eigenvalue weighted by molar-refractivity contribution is 6.31. The molecule has 4 nitrogen and oxygen atoms in total. The Kier molecular flexibility index (Phi) is 4.42. The normalized spacial score (nSPS) is 24.4. The summed E-state index contributed by atoms with van der Waals surface area (Å²) in [5.41, 5.74) is 1.18. The standard InChI is InChI=1S/C12H20ClN3O/c1-14-10-4-3-9(7-10)12-11(13)8-15-16(12)5-6-17-2/h8-10,14H,3-7H2,1-2H3. The fourth-order valence-electron chi connectivity index (χ4n) is 2.63. The van der Waals surface area contributed by atoms with Crippen LogP contribution in [0.2, 0.25) is 5.02 Å². The third-order valence-corrected chi connectivity index (χ3v) is 3.86. The maximum Gasteiger partial charge on any atom is 0.0820 e. The first-order valence-electron chi connectivity index (χ1n) is 6.13. The minimum absolute atomic E-state index is 0.527. The predicted molar refractivity (Wildman–Crippen MR) is 68.6 cm³/mol. The third kappa shape index (κ3) is 2.81. The molecule has 0 spiro atoms. The molecule has 5 heteroatoms. The summed E-state index contributed by atoms with van der Waals surface area (Å²) in [5.74, 6) is 0.527. The maximum absolute atomic E-state index is 6.25. The second kappa shape index (κ2) is 5.85. The van der Waals surface area contributed by atoms with Crippen LogP contribution in [-0.4, -0.2) is 36.6 Å². The van der Waals surface area contributed by atoms with Crippen molar-refractivity contribution < 1.29 is 4.74 Å². The van der Waals surface area contributed by atoms with E-state index in [0.29, 0.717) is 18.6 Å². The van der Waals surface area contributed by atoms with Crippen LogP contribution in [0.15, 0.2) is 6.20 Å². The van der Waals surface area contributed by atoms with E-state index in [9.17, 15) is 0 Å². The predicted octanol–water partition coefficient (Wildman–Crippen LogP) is 2.04. The molecule has 2 atom stereocenters. The number of halogens is 1. The molecule has 1 N–H and O–H groups in total. The fraction of sp³-hybridized carbons (Fsp3) is 0.750. The molecule has 0 amide bonds. The summed E-state index contributed by atoms with van der Waals surface area (Å²) < 4.78 is 7.09. The molecule has 1 fully saturated rings. The van der Waals surface area contributed by atoms with E-state index in [1.807, 2.05) is 11.7 Å². The van der Waals surface area contributed by atoms with E-state index in [-0.39, 0.29) is 0 Å². The third-order valence-electron chi connectivity index (χ3n) is 3.57. The number of rotatable bonds is 5. The van der Waals surface area contributed by atoms with Crippen LogP contribution in [0.3, 0.4) is 0 Å². The molecule has 0 saturated heterocycles. The summed E-state index contributed by atoms with van der Waals surface area (Å²) in [7, 11) is 3.73. The SMILES string of the molecule is CNC1CCC(c2c(Cl)cnn2CCOC)C1. The molecule has 1 saturated carbocycles. The van der Waals surface area contributed by atoms with Crippen molar-refractivity contribution in [3.63, 3.8) is 0 Å². The number of methoxy groups -OCH3 is 1. The Morgan fingerprint density at radius 1 is 1.59 bits per heavy atom. The van der Waals surface area contributed by atoms with E-state index < -0.39 is 0 Å². The van der Waals surface area contributed by atoms with Crippen LogP contribution < -0.4 is 5.32 Å². The van der Waals surface area contributed by atoms with Gasteiger partial charge in [-0.25, -0.2) is 0 Å². The molecular formula is C12H20ClN3O. The monoisotopic (exact) mass is 257 g/mol. The van der Waals surface area contributed by atoms with Gasteiger partial charge in [-0.3, -0.25) is 4.68 Å². The van der Waals surface area contributed by atoms with Gasteiger partial charge in [-0.2, -0.15) is 5.10 Å². The zero-order chi connectivity index (χ0) is 12.3. The second-order valence-corrected chi connectivity index (χ2v) is 5.00. The average Bonchev–Trinajstić information content (AvgIpc) is 2.92. The van der Waals surface area contributed by atoms with Gasteiger partial charge in [0.05, 0.1) is 30.1 Å². The molecular weight excluding hydrogens is 238 g/mol. The Labute approximate surface area is 107 Å². The lowest BCUT2D eigenvalue weighted by molar-refractivity contribution is 0.182. The average molecular weight is 258 g/mol. The van der Waals surface area contributed by atoms with Crippen molar-refractivity contribution >= 4 is 11.6 Å². The van der Waals surface area contributed by atoms with Crippen molar-refractivity contribution in [1.29, 1.82) is 0 Å². The lowest BCUT2D eigenvalue weighted by Crippen LogP contribution is -2.21. The molecule has 0 bridgehead atoms. The molecule has 96 valence electrons. The summed E-state index contributed by atoms with van der Waals surface area (Å²) in [6, 6.07) is 0.613. The van der Waals surface area contributed by atoms with Crippen molar-refractivity contribution in [3.8, 4) is 0 Å². The first-order chi connectivity index (χ1) is 8.26. The summed E-state index contributed by atoms with van der Waals surface area (Å²) >= 11 is 6.25. The van der Waals surface area contributed by atoms with Crippen LogP contribution in [0.4, 0.5) is 0 Å². The highest BCUT2D eigenvalue weighted by Gasteiger charge is 2.29. The van der Waals surface area contributed by atoms with Gasteiger partial charge < -0.3 is 10.1 Å². The molecule has 0 aromatic carbocycles. The number of nitrogens with one attached hydrogen (secondary N) is 1. The molecule has 2 rings (SSSR count). The molecule has 1 aromatic rings. The van der Waals surface area contributed by atoms with Gasteiger partial charge in [-0.05, 0) is 26.3 Å². The molecule has 1 aliphatic carbocycles. The van der Waals surface area contributed by atoms with Crippen LogP contribution in [0.25, 0.3) is 0 Å². The van der Waals surface area contributed by atoms with Gasteiger partial charge in [-0.15, -0.1) is 0 Å². The van der Waals surface area contributed by atoms with E-state index >= 15 is 0 Å². The van der Waals surface area contributed by atoms with E-state index in [1.54, 1.807) is 13.3 Å². The molecule has 0 radical (unpaired) electrons. The van der Waals surface area contributed by atoms with Gasteiger partial charge in [0.25, 0.3) is 0 Å². The van der Waals surface area contributed by atoms with Gasteiger partial charge in [0, 0.05) is 19.1 Å². The molecule has 2 unspecified atom stereocenters. The lowest BCUT2D eigenvalue weighted by atomic mass is 10.0. The Bertz CT molecular complexity index is 367. The number of hydrogen-bond acceptors (Lipinski definition) is 3. The van der Waals surface area contributed by atoms with Crippen LogP contribution >= 0.6 is 11.6 Å². The van der Waals surface area contributed by atoms with Crippen molar-refractivity contribution in [2.75, 3.05) is 20.8 Å². The van der Waals surface area contributed by atoms with Crippen LogP contribution in [-0.2, 0) is 11.3 Å². The zero-order valence-electron chi connectivity index (χ0n) is 10.4. The minimum atomic E-state index is 0.527. The molecule has 17 heavy (non-hydrogen) atoms. The van der Waals surface area contributed by atoms with Gasteiger partial charge in [0.15, 0.2) is 0 Å². The smallest absolute Gasteiger partial charge is 0.0820 e. The van der Waals surface area contributed by atoms with E-state index in [2.05, 4.69) is 10.4 Å². The zero-order valence-corrected chi connectivity index (χ0v) is 11.2. The quantitative estimate of drug-likeness (QED) is 0.878. The minimum Gasteiger partial charge on any atom is -0.383 e. The van der Waals surface area contributed by atoms with Crippen LogP contribution in [0, 0.1) is 0 Å². The van der Waals surface area contributed by atoms with Gasteiger partial charge >= 0.3 is 0 Å². The number of nitrogens with zero attached hydrogens (tertiary/aromatic N) is 2. The van der Waals surface area contributed by atoms with Gasteiger partial charge in [-0.1, -0.05) is 11.6 Å². The first-order valence-corrected chi connectivity index (χ1v) is 6.51. The Morgan fingerprint density at radius 3 is 3.06 bits per heavy atom. The fourth-order valence-corrected chi connectivity index (χ4v) is 2.92. The summed E-state index contributed by atoms with van der Waals surface area (Å²) in [6.45, 7) is 1.45. The second-order valence-electron chi connectivity index (χ2n) is 4.59. The first kappa shape index (κ1) is 12.9. The molecule has 0 aliphatic heterocycles. The Hall–Kier alpha value is -0.580. The number of ether oxygens (including phenoxy) is 1. The van der Waals surface area contributed by atoms with Gasteiger partial charge in [0.2, 0.25) is 0 Å². The van der Waals surface area contributed by atoms with Gasteiger partial charge in [0.1, 0.15) is 0 Å². The maximum atomic E-state index is 6.25. The summed E-state index contributed by atoms with van der Waals surface area (Å²) in [6.07, 6.45) is 5.30. The number of aromatic nitrogens is 2. The Balaban J connectivity index is 2.11. The largest absolute Gasteiger partial charge is 0.383 e. The highest BCUT2D eigenvalue weighted by Crippen LogP contribution is 2.37. The van der Waals surface area contributed by atoms with E-state index in [1.165, 1.54) is 18.5 Å². The molecule has 1 aliphatic rings. The number of hydrogen-bond donors (Lipinski definition) is 1. The highest BCUT2D eigenvalue weighted by atomic mass is 35.5. The van der Waals surface area contributed by atoms with Crippen LogP contribution in [0.5, 0.6) is 0 Å². The summed E-state index contributed by atoms with van der Waals surface area (Å²) in [5, 5.41) is 8.47. The van der Waals surface area contributed by atoms with Crippen molar-refractivity contribution in [2.24, 2.45) is 0 Å². The Morgan fingerprint density at radius 2 is 2.41 bits per heavy atom. The van der Waals surface area contributed by atoms with E-state index in [0.717, 1.165) is 18.0 Å².